The van der Waals surface area contributed by atoms with Gasteiger partial charge in [0.05, 0.1) is 0 Å². The van der Waals surface area contributed by atoms with Crippen molar-refractivity contribution in [3.63, 3.8) is 0 Å². The van der Waals surface area contributed by atoms with Crippen molar-refractivity contribution in [1.29, 1.82) is 0 Å². The van der Waals surface area contributed by atoms with Crippen molar-refractivity contribution in [3.8, 4) is 5.75 Å². The highest BCUT2D eigenvalue weighted by Crippen LogP contribution is 2.19. The zero-order valence-electron chi connectivity index (χ0n) is 11.5. The molecule has 0 aliphatic rings. The third kappa shape index (κ3) is 4.32. The minimum atomic E-state index is 0.608. The summed E-state index contributed by atoms with van der Waals surface area (Å²) in [5.41, 5.74) is 2.14. The standard InChI is InChI=1S/C17H18ClNO/c1-2-5-14-6-3-4-7-17(14)20-13-12-19-16-10-8-15(18)9-11-16/h2-11,19H,12-13H2,1H3. The minimum absolute atomic E-state index is 0.608. The normalized spacial score (nSPS) is 10.7. The summed E-state index contributed by atoms with van der Waals surface area (Å²) in [6.45, 7) is 3.35. The fourth-order valence-corrected chi connectivity index (χ4v) is 1.98. The van der Waals surface area contributed by atoms with Crippen LogP contribution in [0.25, 0.3) is 6.08 Å². The van der Waals surface area contributed by atoms with Gasteiger partial charge in [-0.15, -0.1) is 0 Å². The summed E-state index contributed by atoms with van der Waals surface area (Å²) in [4.78, 5) is 0. The highest BCUT2D eigenvalue weighted by Gasteiger charge is 1.99. The fourth-order valence-electron chi connectivity index (χ4n) is 1.85. The topological polar surface area (TPSA) is 21.3 Å². The van der Waals surface area contributed by atoms with Crippen molar-refractivity contribution in [1.82, 2.24) is 0 Å². The van der Waals surface area contributed by atoms with Gasteiger partial charge >= 0.3 is 0 Å². The first kappa shape index (κ1) is 14.5. The molecule has 0 saturated carbocycles. The van der Waals surface area contributed by atoms with Crippen molar-refractivity contribution >= 4 is 23.4 Å². The molecule has 0 amide bonds. The lowest BCUT2D eigenvalue weighted by molar-refractivity contribution is 0.332. The van der Waals surface area contributed by atoms with Gasteiger partial charge in [-0.1, -0.05) is 42.0 Å². The number of anilines is 1. The van der Waals surface area contributed by atoms with Gasteiger partial charge in [-0.2, -0.15) is 0 Å². The molecule has 2 rings (SSSR count). The van der Waals surface area contributed by atoms with E-state index in [1.807, 2.05) is 67.6 Å². The van der Waals surface area contributed by atoms with Crippen LogP contribution in [0.4, 0.5) is 5.69 Å². The number of benzene rings is 2. The van der Waals surface area contributed by atoms with E-state index in [4.69, 9.17) is 16.3 Å². The Balaban J connectivity index is 1.83. The van der Waals surface area contributed by atoms with Gasteiger partial charge in [0, 0.05) is 22.8 Å². The predicted molar refractivity (Wildman–Crippen MR) is 86.6 cm³/mol. The minimum Gasteiger partial charge on any atom is -0.491 e. The Morgan fingerprint density at radius 1 is 1.10 bits per heavy atom. The van der Waals surface area contributed by atoms with Crippen LogP contribution in [-0.4, -0.2) is 13.2 Å². The van der Waals surface area contributed by atoms with E-state index in [9.17, 15) is 0 Å². The molecule has 0 fully saturated rings. The van der Waals surface area contributed by atoms with E-state index in [-0.39, 0.29) is 0 Å². The maximum Gasteiger partial charge on any atom is 0.126 e. The quantitative estimate of drug-likeness (QED) is 0.766. The van der Waals surface area contributed by atoms with Gasteiger partial charge < -0.3 is 10.1 Å². The predicted octanol–water partition coefficient (Wildman–Crippen LogP) is 4.86. The van der Waals surface area contributed by atoms with Crippen LogP contribution in [0.5, 0.6) is 5.75 Å². The van der Waals surface area contributed by atoms with Crippen LogP contribution in [0.1, 0.15) is 12.5 Å². The van der Waals surface area contributed by atoms with Crippen molar-refractivity contribution in [2.45, 2.75) is 6.92 Å². The van der Waals surface area contributed by atoms with Gasteiger partial charge in [0.25, 0.3) is 0 Å². The molecule has 20 heavy (non-hydrogen) atoms. The summed E-state index contributed by atoms with van der Waals surface area (Å²) in [7, 11) is 0. The van der Waals surface area contributed by atoms with Crippen molar-refractivity contribution in [2.24, 2.45) is 0 Å². The Hall–Kier alpha value is -1.93. The molecule has 0 spiro atoms. The lowest BCUT2D eigenvalue weighted by Crippen LogP contribution is -2.11. The zero-order chi connectivity index (χ0) is 14.2. The summed E-state index contributed by atoms with van der Waals surface area (Å²) < 4.78 is 5.80. The number of hydrogen-bond donors (Lipinski definition) is 1. The Morgan fingerprint density at radius 2 is 1.85 bits per heavy atom. The number of rotatable bonds is 6. The third-order valence-corrected chi connectivity index (χ3v) is 3.05. The van der Waals surface area contributed by atoms with Crippen LogP contribution in [0.3, 0.4) is 0 Å². The lowest BCUT2D eigenvalue weighted by atomic mass is 10.2. The number of para-hydroxylation sites is 1. The Morgan fingerprint density at radius 3 is 2.60 bits per heavy atom. The summed E-state index contributed by atoms with van der Waals surface area (Å²) in [6.07, 6.45) is 4.05. The summed E-state index contributed by atoms with van der Waals surface area (Å²) in [6, 6.07) is 15.7. The van der Waals surface area contributed by atoms with Crippen LogP contribution in [0.15, 0.2) is 54.6 Å². The highest BCUT2D eigenvalue weighted by molar-refractivity contribution is 6.30. The van der Waals surface area contributed by atoms with E-state index >= 15 is 0 Å². The van der Waals surface area contributed by atoms with Gasteiger partial charge in [-0.25, -0.2) is 0 Å². The average molecular weight is 288 g/mol. The van der Waals surface area contributed by atoms with Crippen LogP contribution < -0.4 is 10.1 Å². The van der Waals surface area contributed by atoms with Crippen LogP contribution in [0, 0.1) is 0 Å². The molecule has 0 bridgehead atoms. The lowest BCUT2D eigenvalue weighted by Gasteiger charge is -2.10. The van der Waals surface area contributed by atoms with Crippen molar-refractivity contribution < 1.29 is 4.74 Å². The second-order valence-corrected chi connectivity index (χ2v) is 4.76. The number of hydrogen-bond acceptors (Lipinski definition) is 2. The molecule has 0 heterocycles. The van der Waals surface area contributed by atoms with Crippen LogP contribution >= 0.6 is 11.6 Å². The summed E-state index contributed by atoms with van der Waals surface area (Å²) in [5, 5.41) is 4.03. The Bertz CT molecular complexity index is 563. The zero-order valence-corrected chi connectivity index (χ0v) is 12.2. The fraction of sp³-hybridized carbons (Fsp3) is 0.176. The van der Waals surface area contributed by atoms with E-state index < -0.39 is 0 Å². The van der Waals surface area contributed by atoms with Gasteiger partial charge in [0.1, 0.15) is 12.4 Å². The first-order valence-corrected chi connectivity index (χ1v) is 7.01. The molecular weight excluding hydrogens is 270 g/mol. The van der Waals surface area contributed by atoms with E-state index in [2.05, 4.69) is 5.32 Å². The molecule has 1 N–H and O–H groups in total. The summed E-state index contributed by atoms with van der Waals surface area (Å²) >= 11 is 5.84. The largest absolute Gasteiger partial charge is 0.491 e. The first-order chi connectivity index (χ1) is 9.79. The molecule has 0 saturated heterocycles. The van der Waals surface area contributed by atoms with Gasteiger partial charge in [-0.3, -0.25) is 0 Å². The van der Waals surface area contributed by atoms with E-state index in [0.717, 1.165) is 28.6 Å². The molecule has 104 valence electrons. The molecule has 2 aromatic carbocycles. The van der Waals surface area contributed by atoms with Gasteiger partial charge in [0.2, 0.25) is 0 Å². The molecule has 0 aromatic heterocycles. The molecular formula is C17H18ClNO. The second kappa shape index (κ2) is 7.61. The van der Waals surface area contributed by atoms with Gasteiger partial charge in [-0.05, 0) is 37.3 Å². The molecule has 3 heteroatoms. The first-order valence-electron chi connectivity index (χ1n) is 6.63. The number of allylic oxidation sites excluding steroid dienone is 1. The smallest absolute Gasteiger partial charge is 0.126 e. The Labute approximate surface area is 125 Å². The van der Waals surface area contributed by atoms with E-state index in [1.54, 1.807) is 0 Å². The number of ether oxygens (including phenoxy) is 1. The van der Waals surface area contributed by atoms with Crippen LogP contribution in [0.2, 0.25) is 5.02 Å². The third-order valence-electron chi connectivity index (χ3n) is 2.80. The maximum absolute atomic E-state index is 5.84. The molecule has 2 aromatic rings. The molecule has 0 aliphatic heterocycles. The second-order valence-electron chi connectivity index (χ2n) is 4.32. The summed E-state index contributed by atoms with van der Waals surface area (Å²) in [5.74, 6) is 0.906. The molecule has 2 nitrogen and oxygen atoms in total. The molecule has 0 aliphatic carbocycles. The van der Waals surface area contributed by atoms with Gasteiger partial charge in [0.15, 0.2) is 0 Å². The van der Waals surface area contributed by atoms with Crippen LogP contribution in [-0.2, 0) is 0 Å². The highest BCUT2D eigenvalue weighted by atomic mass is 35.5. The SMILES string of the molecule is CC=Cc1ccccc1OCCNc1ccc(Cl)cc1. The molecule has 0 radical (unpaired) electrons. The average Bonchev–Trinajstić information content (AvgIpc) is 2.47. The number of nitrogens with one attached hydrogen (secondary N) is 1. The van der Waals surface area contributed by atoms with E-state index in [1.165, 1.54) is 0 Å². The monoisotopic (exact) mass is 287 g/mol. The Kier molecular flexibility index (Phi) is 5.51. The number of halogens is 1. The van der Waals surface area contributed by atoms with Crippen molar-refractivity contribution in [3.05, 3.63) is 65.2 Å². The van der Waals surface area contributed by atoms with E-state index in [0.29, 0.717) is 6.61 Å². The van der Waals surface area contributed by atoms with Crippen molar-refractivity contribution in [2.75, 3.05) is 18.5 Å². The molecule has 0 atom stereocenters. The maximum atomic E-state index is 5.84. The molecule has 0 unspecified atom stereocenters.